The number of aryl methyl sites for hydroxylation is 1. The van der Waals surface area contributed by atoms with Crippen LogP contribution in [0.4, 0.5) is 0 Å². The van der Waals surface area contributed by atoms with Gasteiger partial charge in [-0.05, 0) is 24.6 Å². The molecule has 100 valence electrons. The van der Waals surface area contributed by atoms with Gasteiger partial charge in [0.15, 0.2) is 0 Å². The monoisotopic (exact) mass is 331 g/mol. The van der Waals surface area contributed by atoms with Gasteiger partial charge in [0.2, 0.25) is 0 Å². The predicted molar refractivity (Wildman–Crippen MR) is 81.3 cm³/mol. The van der Waals surface area contributed by atoms with Gasteiger partial charge < -0.3 is 10.1 Å². The average Bonchev–Trinajstić information content (AvgIpc) is 2.24. The van der Waals surface area contributed by atoms with Crippen molar-refractivity contribution in [1.82, 2.24) is 5.32 Å². The van der Waals surface area contributed by atoms with E-state index >= 15 is 0 Å². The van der Waals surface area contributed by atoms with Crippen LogP contribution in [-0.4, -0.2) is 12.6 Å². The van der Waals surface area contributed by atoms with Crippen molar-refractivity contribution < 1.29 is 4.74 Å². The minimum atomic E-state index is 0.332. The summed E-state index contributed by atoms with van der Waals surface area (Å²) in [6.45, 7) is 11.0. The van der Waals surface area contributed by atoms with Crippen molar-refractivity contribution in [2.45, 2.75) is 33.4 Å². The van der Waals surface area contributed by atoms with Gasteiger partial charge in [0.25, 0.3) is 0 Å². The number of rotatable bonds is 6. The fourth-order valence-electron chi connectivity index (χ4n) is 1.60. The first-order valence-corrected chi connectivity index (χ1v) is 7.05. The maximum atomic E-state index is 5.75. The van der Waals surface area contributed by atoms with Crippen molar-refractivity contribution >= 4 is 27.5 Å². The summed E-state index contributed by atoms with van der Waals surface area (Å²) in [5.74, 6) is 0.883. The Kier molecular flexibility index (Phi) is 6.19. The molecule has 0 heterocycles. The SMILES string of the molecule is C=C(Cl)COc1c(C)cc(Br)cc1CNC(C)C. The van der Waals surface area contributed by atoms with Crippen LogP contribution < -0.4 is 10.1 Å². The minimum absolute atomic E-state index is 0.332. The van der Waals surface area contributed by atoms with Crippen LogP contribution in [0.25, 0.3) is 0 Å². The summed E-state index contributed by atoms with van der Waals surface area (Å²) in [6, 6.07) is 4.53. The molecular formula is C14H19BrClNO. The zero-order valence-electron chi connectivity index (χ0n) is 11.0. The number of hydrogen-bond donors (Lipinski definition) is 1. The topological polar surface area (TPSA) is 21.3 Å². The lowest BCUT2D eigenvalue weighted by Crippen LogP contribution is -2.22. The normalized spacial score (nSPS) is 10.8. The van der Waals surface area contributed by atoms with E-state index in [0.717, 1.165) is 27.9 Å². The number of halogens is 2. The number of nitrogens with one attached hydrogen (secondary N) is 1. The second-order valence-electron chi connectivity index (χ2n) is 4.55. The molecule has 1 aromatic rings. The first-order chi connectivity index (χ1) is 8.40. The van der Waals surface area contributed by atoms with E-state index in [-0.39, 0.29) is 0 Å². The summed E-state index contributed by atoms with van der Waals surface area (Å²) in [6.07, 6.45) is 0. The van der Waals surface area contributed by atoms with Crippen molar-refractivity contribution in [3.63, 3.8) is 0 Å². The molecule has 0 spiro atoms. The average molecular weight is 333 g/mol. The van der Waals surface area contributed by atoms with Crippen LogP contribution in [0.1, 0.15) is 25.0 Å². The molecule has 1 N–H and O–H groups in total. The Labute approximate surface area is 122 Å². The number of benzene rings is 1. The van der Waals surface area contributed by atoms with E-state index in [1.807, 2.05) is 13.0 Å². The van der Waals surface area contributed by atoms with E-state index in [2.05, 4.69) is 47.7 Å². The van der Waals surface area contributed by atoms with Crippen molar-refractivity contribution in [3.05, 3.63) is 39.3 Å². The Morgan fingerprint density at radius 3 is 2.72 bits per heavy atom. The standard InChI is InChI=1S/C14H19BrClNO/c1-9(2)17-7-12-6-13(15)5-10(3)14(12)18-8-11(4)16/h5-6,9,17H,4,7-8H2,1-3H3. The molecule has 0 saturated carbocycles. The molecule has 0 aliphatic carbocycles. The predicted octanol–water partition coefficient (Wildman–Crippen LogP) is 4.39. The molecule has 0 amide bonds. The molecule has 0 radical (unpaired) electrons. The van der Waals surface area contributed by atoms with Gasteiger partial charge in [0.1, 0.15) is 12.4 Å². The Balaban J connectivity index is 2.93. The molecule has 2 nitrogen and oxygen atoms in total. The largest absolute Gasteiger partial charge is 0.487 e. The zero-order valence-corrected chi connectivity index (χ0v) is 13.4. The van der Waals surface area contributed by atoms with E-state index in [1.54, 1.807) is 0 Å². The molecule has 0 atom stereocenters. The minimum Gasteiger partial charge on any atom is -0.487 e. The summed E-state index contributed by atoms with van der Waals surface area (Å²) in [7, 11) is 0. The van der Waals surface area contributed by atoms with Gasteiger partial charge in [-0.2, -0.15) is 0 Å². The van der Waals surface area contributed by atoms with E-state index in [9.17, 15) is 0 Å². The van der Waals surface area contributed by atoms with Gasteiger partial charge in [-0.25, -0.2) is 0 Å². The lowest BCUT2D eigenvalue weighted by Gasteiger charge is -2.16. The molecule has 0 fully saturated rings. The molecule has 0 bridgehead atoms. The van der Waals surface area contributed by atoms with Gasteiger partial charge in [0.05, 0.1) is 0 Å². The molecule has 0 aliphatic heterocycles. The van der Waals surface area contributed by atoms with Crippen molar-refractivity contribution in [2.75, 3.05) is 6.61 Å². The quantitative estimate of drug-likeness (QED) is 0.834. The summed E-state index contributed by atoms with van der Waals surface area (Å²) < 4.78 is 6.78. The molecule has 1 rings (SSSR count). The lowest BCUT2D eigenvalue weighted by atomic mass is 10.1. The maximum Gasteiger partial charge on any atom is 0.127 e. The summed E-state index contributed by atoms with van der Waals surface area (Å²) in [5, 5.41) is 3.89. The highest BCUT2D eigenvalue weighted by molar-refractivity contribution is 9.10. The fraction of sp³-hybridized carbons (Fsp3) is 0.429. The van der Waals surface area contributed by atoms with Gasteiger partial charge in [0, 0.05) is 27.7 Å². The Bertz CT molecular complexity index is 432. The Morgan fingerprint density at radius 2 is 2.17 bits per heavy atom. The van der Waals surface area contributed by atoms with Crippen LogP contribution in [0, 0.1) is 6.92 Å². The third kappa shape index (κ3) is 5.01. The van der Waals surface area contributed by atoms with Crippen molar-refractivity contribution in [1.29, 1.82) is 0 Å². The molecular weight excluding hydrogens is 314 g/mol. The van der Waals surface area contributed by atoms with Gasteiger partial charge in [-0.15, -0.1) is 0 Å². The van der Waals surface area contributed by atoms with Crippen LogP contribution in [0.15, 0.2) is 28.2 Å². The van der Waals surface area contributed by atoms with Gasteiger partial charge in [-0.3, -0.25) is 0 Å². The van der Waals surface area contributed by atoms with Crippen LogP contribution in [0.3, 0.4) is 0 Å². The zero-order chi connectivity index (χ0) is 13.7. The summed E-state index contributed by atoms with van der Waals surface area (Å²) in [5.41, 5.74) is 2.20. The summed E-state index contributed by atoms with van der Waals surface area (Å²) in [4.78, 5) is 0. The third-order valence-electron chi connectivity index (χ3n) is 2.39. The van der Waals surface area contributed by atoms with Crippen LogP contribution in [-0.2, 0) is 6.54 Å². The fourth-order valence-corrected chi connectivity index (χ4v) is 2.28. The molecule has 0 aromatic heterocycles. The van der Waals surface area contributed by atoms with E-state index in [0.29, 0.717) is 17.7 Å². The first kappa shape index (κ1) is 15.5. The highest BCUT2D eigenvalue weighted by Crippen LogP contribution is 2.28. The van der Waals surface area contributed by atoms with Crippen LogP contribution in [0.5, 0.6) is 5.75 Å². The molecule has 18 heavy (non-hydrogen) atoms. The molecule has 0 aliphatic rings. The van der Waals surface area contributed by atoms with E-state index in [4.69, 9.17) is 16.3 Å². The van der Waals surface area contributed by atoms with Crippen LogP contribution >= 0.6 is 27.5 Å². The van der Waals surface area contributed by atoms with E-state index in [1.165, 1.54) is 0 Å². The molecule has 0 unspecified atom stereocenters. The van der Waals surface area contributed by atoms with Gasteiger partial charge >= 0.3 is 0 Å². The lowest BCUT2D eigenvalue weighted by molar-refractivity contribution is 0.351. The van der Waals surface area contributed by atoms with Crippen molar-refractivity contribution in [2.24, 2.45) is 0 Å². The van der Waals surface area contributed by atoms with Gasteiger partial charge in [-0.1, -0.05) is 48.0 Å². The summed E-state index contributed by atoms with van der Waals surface area (Å²) >= 11 is 9.25. The highest BCUT2D eigenvalue weighted by Gasteiger charge is 2.10. The molecule has 1 aromatic carbocycles. The Hall–Kier alpha value is -0.510. The van der Waals surface area contributed by atoms with Crippen LogP contribution in [0.2, 0.25) is 0 Å². The Morgan fingerprint density at radius 1 is 1.50 bits per heavy atom. The number of ether oxygens (including phenoxy) is 1. The molecule has 0 saturated heterocycles. The third-order valence-corrected chi connectivity index (χ3v) is 2.96. The second-order valence-corrected chi connectivity index (χ2v) is 6.00. The van der Waals surface area contributed by atoms with E-state index < -0.39 is 0 Å². The van der Waals surface area contributed by atoms with Crippen molar-refractivity contribution in [3.8, 4) is 5.75 Å². The first-order valence-electron chi connectivity index (χ1n) is 5.88. The highest BCUT2D eigenvalue weighted by atomic mass is 79.9. The molecule has 4 heteroatoms. The second kappa shape index (κ2) is 7.17. The maximum absolute atomic E-state index is 5.75. The smallest absolute Gasteiger partial charge is 0.127 e. The number of hydrogen-bond acceptors (Lipinski definition) is 2.